The van der Waals surface area contributed by atoms with Crippen LogP contribution in [0.4, 0.5) is 5.69 Å². The molecule has 0 unspecified atom stereocenters. The lowest BCUT2D eigenvalue weighted by Crippen LogP contribution is -2.32. The molecule has 0 atom stereocenters. The number of anilines is 1. The van der Waals surface area contributed by atoms with E-state index in [0.29, 0.717) is 40.4 Å². The minimum Gasteiger partial charge on any atom is -0.385 e. The first-order valence-corrected chi connectivity index (χ1v) is 12.2. The summed E-state index contributed by atoms with van der Waals surface area (Å²) in [6.07, 6.45) is 3.78. The number of hydrogen-bond acceptors (Lipinski definition) is 6. The average molecular weight is 478 g/mol. The first-order chi connectivity index (χ1) is 15.3. The van der Waals surface area contributed by atoms with Crippen molar-refractivity contribution < 1.29 is 18.0 Å². The van der Waals surface area contributed by atoms with Crippen molar-refractivity contribution in [1.82, 2.24) is 19.5 Å². The van der Waals surface area contributed by atoms with Crippen molar-refractivity contribution in [2.24, 2.45) is 0 Å². The van der Waals surface area contributed by atoms with Gasteiger partial charge < -0.3 is 10.2 Å². The second kappa shape index (κ2) is 9.43. The average Bonchev–Trinajstić information content (AvgIpc) is 2.96. The molecule has 11 heteroatoms. The third kappa shape index (κ3) is 4.87. The largest absolute Gasteiger partial charge is 0.385 e. The molecule has 2 heterocycles. The molecule has 1 aliphatic rings. The molecule has 1 fully saturated rings. The number of benzene rings is 2. The Morgan fingerprint density at radius 3 is 2.62 bits per heavy atom. The van der Waals surface area contributed by atoms with Crippen molar-refractivity contribution in [2.45, 2.75) is 37.5 Å². The molecular formula is C21H24ClN5O4S. The first kappa shape index (κ1) is 22.5. The minimum absolute atomic E-state index is 0.204. The predicted molar refractivity (Wildman–Crippen MR) is 121 cm³/mol. The third-order valence-corrected chi connectivity index (χ3v) is 7.63. The Labute approximate surface area is 191 Å². The van der Waals surface area contributed by atoms with Crippen LogP contribution in [0.2, 0.25) is 5.02 Å². The summed E-state index contributed by atoms with van der Waals surface area (Å²) < 4.78 is 27.9. The van der Waals surface area contributed by atoms with E-state index in [4.69, 9.17) is 16.4 Å². The number of nitrogens with one attached hydrogen (secondary N) is 1. The van der Waals surface area contributed by atoms with E-state index in [9.17, 15) is 13.2 Å². The zero-order valence-corrected chi connectivity index (χ0v) is 19.2. The molecular weight excluding hydrogens is 454 g/mol. The number of amides is 1. The quantitative estimate of drug-likeness (QED) is 0.584. The van der Waals surface area contributed by atoms with E-state index in [0.717, 1.165) is 30.5 Å². The second-order valence-electron chi connectivity index (χ2n) is 7.72. The Kier molecular flexibility index (Phi) is 6.63. The molecule has 170 valence electrons. The lowest BCUT2D eigenvalue weighted by atomic mass is 10.2. The molecule has 9 nitrogen and oxygen atoms in total. The molecule has 0 radical (unpaired) electrons. The van der Waals surface area contributed by atoms with Crippen LogP contribution in [0, 0.1) is 6.92 Å². The van der Waals surface area contributed by atoms with Crippen molar-refractivity contribution >= 4 is 44.3 Å². The van der Waals surface area contributed by atoms with E-state index in [1.165, 1.54) is 10.4 Å². The summed E-state index contributed by atoms with van der Waals surface area (Å²) in [5.41, 5.74) is 2.13. The number of carbonyl (C=O) groups excluding carboxylic acids is 1. The van der Waals surface area contributed by atoms with Crippen molar-refractivity contribution in [2.75, 3.05) is 25.0 Å². The number of rotatable bonds is 6. The Morgan fingerprint density at radius 1 is 1.12 bits per heavy atom. The smallest absolute Gasteiger partial charge is 0.265 e. The number of aryl methyl sites for hydroxylation is 1. The van der Waals surface area contributed by atoms with Crippen LogP contribution in [0.1, 0.15) is 31.2 Å². The Balaban J connectivity index is 1.46. The molecule has 0 aliphatic carbocycles. The highest BCUT2D eigenvalue weighted by Gasteiger charge is 2.27. The van der Waals surface area contributed by atoms with Crippen LogP contribution in [0.15, 0.2) is 41.3 Å². The van der Waals surface area contributed by atoms with Crippen molar-refractivity contribution in [3.05, 3.63) is 47.0 Å². The van der Waals surface area contributed by atoms with Gasteiger partial charge in [0.1, 0.15) is 11.0 Å². The summed E-state index contributed by atoms with van der Waals surface area (Å²) in [5, 5.41) is 11.0. The number of sulfonamides is 1. The third-order valence-electron chi connectivity index (χ3n) is 5.35. The summed E-state index contributed by atoms with van der Waals surface area (Å²) in [7, 11) is -3.63. The van der Waals surface area contributed by atoms with Gasteiger partial charge in [-0.15, -0.1) is 5.10 Å². The Hall–Kier alpha value is -2.69. The molecule has 2 aromatic carbocycles. The van der Waals surface area contributed by atoms with Gasteiger partial charge in [0.25, 0.3) is 5.91 Å². The van der Waals surface area contributed by atoms with Crippen molar-refractivity contribution in [3.8, 4) is 0 Å². The second-order valence-corrected chi connectivity index (χ2v) is 10.1. The molecule has 1 N–H and O–H groups in total. The van der Waals surface area contributed by atoms with Gasteiger partial charge in [-0.1, -0.05) is 35.4 Å². The lowest BCUT2D eigenvalue weighted by molar-refractivity contribution is -0.121. The number of fused-ring (bicyclic) bond motifs is 1. The van der Waals surface area contributed by atoms with Crippen LogP contribution in [-0.2, 0) is 14.8 Å². The molecule has 32 heavy (non-hydrogen) atoms. The van der Waals surface area contributed by atoms with E-state index in [1.54, 1.807) is 37.3 Å². The van der Waals surface area contributed by atoms with Gasteiger partial charge in [-0.05, 0) is 60.9 Å². The number of nitrogens with zero attached hydrogens (tertiary/aromatic N) is 4. The van der Waals surface area contributed by atoms with E-state index >= 15 is 0 Å². The molecule has 1 aromatic heterocycles. The molecule has 4 rings (SSSR count). The lowest BCUT2D eigenvalue weighted by Gasteiger charge is -2.21. The van der Waals surface area contributed by atoms with E-state index < -0.39 is 15.9 Å². The summed E-state index contributed by atoms with van der Waals surface area (Å²) in [4.78, 5) is 19.2. The van der Waals surface area contributed by atoms with E-state index in [2.05, 4.69) is 15.6 Å². The molecule has 1 saturated heterocycles. The Morgan fingerprint density at radius 2 is 1.88 bits per heavy atom. The maximum atomic E-state index is 13.2. The summed E-state index contributed by atoms with van der Waals surface area (Å²) in [5.74, 6) is -0.461. The normalized spacial score (nSPS) is 15.4. The van der Waals surface area contributed by atoms with Gasteiger partial charge in [0.15, 0.2) is 6.61 Å². The maximum Gasteiger partial charge on any atom is 0.265 e. The van der Waals surface area contributed by atoms with Gasteiger partial charge in [-0.25, -0.2) is 8.42 Å². The monoisotopic (exact) mass is 477 g/mol. The van der Waals surface area contributed by atoms with Crippen molar-refractivity contribution in [1.29, 1.82) is 0 Å². The van der Waals surface area contributed by atoms with E-state index in [1.807, 2.05) is 0 Å². The summed E-state index contributed by atoms with van der Waals surface area (Å²) in [6, 6.07) is 9.87. The number of carbonyl (C=O) groups is 1. The van der Waals surface area contributed by atoms with Gasteiger partial charge in [0.2, 0.25) is 10.0 Å². The van der Waals surface area contributed by atoms with Crippen LogP contribution in [0.5, 0.6) is 0 Å². The molecule has 3 aromatic rings. The molecule has 0 bridgehead atoms. The van der Waals surface area contributed by atoms with Gasteiger partial charge >= 0.3 is 0 Å². The maximum absolute atomic E-state index is 13.2. The topological polar surface area (TPSA) is 106 Å². The van der Waals surface area contributed by atoms with Gasteiger partial charge in [0, 0.05) is 23.8 Å². The predicted octanol–water partition coefficient (Wildman–Crippen LogP) is 3.03. The SMILES string of the molecule is Cc1ccc(NC(=O)COn2nnc3ccc(Cl)cc32)cc1S(=O)(=O)N1CCCCCC1. The zero-order chi connectivity index (χ0) is 22.7. The fourth-order valence-electron chi connectivity index (χ4n) is 3.66. The summed E-state index contributed by atoms with van der Waals surface area (Å²) >= 11 is 5.99. The summed E-state index contributed by atoms with van der Waals surface area (Å²) in [6.45, 7) is 2.44. The fraction of sp³-hybridized carbons (Fsp3) is 0.381. The highest BCUT2D eigenvalue weighted by Crippen LogP contribution is 2.26. The highest BCUT2D eigenvalue weighted by atomic mass is 35.5. The first-order valence-electron chi connectivity index (χ1n) is 10.4. The highest BCUT2D eigenvalue weighted by molar-refractivity contribution is 7.89. The van der Waals surface area contributed by atoms with E-state index in [-0.39, 0.29) is 11.5 Å². The molecule has 1 amide bonds. The molecule has 1 aliphatic heterocycles. The van der Waals surface area contributed by atoms with Crippen LogP contribution in [0.3, 0.4) is 0 Å². The van der Waals surface area contributed by atoms with Crippen LogP contribution >= 0.6 is 11.6 Å². The van der Waals surface area contributed by atoms with Crippen LogP contribution in [-0.4, -0.2) is 53.5 Å². The molecule has 0 spiro atoms. The fourth-order valence-corrected chi connectivity index (χ4v) is 5.59. The number of aromatic nitrogens is 3. The van der Waals surface area contributed by atoms with Gasteiger partial charge in [-0.2, -0.15) is 4.31 Å². The van der Waals surface area contributed by atoms with Crippen LogP contribution < -0.4 is 10.2 Å². The van der Waals surface area contributed by atoms with Gasteiger partial charge in [0.05, 0.1) is 4.90 Å². The van der Waals surface area contributed by atoms with Crippen molar-refractivity contribution in [3.63, 3.8) is 0 Å². The molecule has 0 saturated carbocycles. The zero-order valence-electron chi connectivity index (χ0n) is 17.6. The van der Waals surface area contributed by atoms with Crippen LogP contribution in [0.25, 0.3) is 11.0 Å². The minimum atomic E-state index is -3.63. The standard InChI is InChI=1S/C21H24ClN5O4S/c1-15-6-8-17(13-20(15)32(29,30)26-10-4-2-3-5-11-26)23-21(28)14-31-27-19-12-16(22)7-9-18(19)24-25-27/h6-9,12-13H,2-5,10-11,14H2,1H3,(H,23,28). The van der Waals surface area contributed by atoms with Gasteiger partial charge in [-0.3, -0.25) is 4.79 Å². The Bertz CT molecular complexity index is 1240. The number of halogens is 1. The number of hydrogen-bond donors (Lipinski definition) is 1.